The Morgan fingerprint density at radius 2 is 2.12 bits per heavy atom. The van der Waals surface area contributed by atoms with Gasteiger partial charge in [0.2, 0.25) is 0 Å². The highest BCUT2D eigenvalue weighted by Gasteiger charge is 2.20. The second-order valence-corrected chi connectivity index (χ2v) is 4.56. The maximum absolute atomic E-state index is 11.3. The van der Waals surface area contributed by atoms with E-state index in [1.165, 1.54) is 0 Å². The van der Waals surface area contributed by atoms with Gasteiger partial charge in [-0.05, 0) is 46.5 Å². The molecule has 1 saturated heterocycles. The summed E-state index contributed by atoms with van der Waals surface area (Å²) in [6, 6.07) is 0.110. The van der Waals surface area contributed by atoms with Gasteiger partial charge in [0.25, 0.3) is 0 Å². The van der Waals surface area contributed by atoms with Crippen LogP contribution in [-0.2, 0) is 9.47 Å². The monoisotopic (exact) mass is 251 g/mol. The Morgan fingerprint density at radius 3 is 2.56 bits per heavy atom. The number of carbonyl (C=O) groups is 1. The molecule has 2 N–H and O–H groups in total. The predicted molar refractivity (Wildman–Crippen MR) is 64.8 cm³/mol. The van der Waals surface area contributed by atoms with E-state index in [4.69, 9.17) is 14.0 Å². The van der Waals surface area contributed by atoms with Crippen LogP contribution in [0.15, 0.2) is 0 Å². The Kier molecular flexibility index (Phi) is 7.53. The first kappa shape index (κ1) is 15.5. The highest BCUT2D eigenvalue weighted by molar-refractivity contribution is 7.74. The highest BCUT2D eigenvalue weighted by Crippen LogP contribution is 2.09. The first-order valence-corrected chi connectivity index (χ1v) is 5.64. The average Bonchev–Trinajstić information content (AvgIpc) is 2.19. The lowest BCUT2D eigenvalue weighted by atomic mass is 10.1. The van der Waals surface area contributed by atoms with Crippen LogP contribution >= 0.6 is 12.9 Å². The van der Waals surface area contributed by atoms with Gasteiger partial charge in [0.15, 0.2) is 0 Å². The van der Waals surface area contributed by atoms with E-state index in [1.54, 1.807) is 0 Å². The number of carbonyl (C=O) groups excluding carboxylic acids is 1. The van der Waals surface area contributed by atoms with Gasteiger partial charge in [0.05, 0.1) is 12.6 Å². The molecular formula is C10H21NO4S. The number of thiol groups is 1. The van der Waals surface area contributed by atoms with Gasteiger partial charge in [-0.25, -0.2) is 4.79 Å². The fourth-order valence-electron chi connectivity index (χ4n) is 1.33. The SMILES string of the molecule is CC(C)(C)OC(=O)NC1CCCOC1.OS. The summed E-state index contributed by atoms with van der Waals surface area (Å²) in [6.07, 6.45) is 1.62. The summed E-state index contributed by atoms with van der Waals surface area (Å²) in [5.41, 5.74) is -0.431. The summed E-state index contributed by atoms with van der Waals surface area (Å²) in [7, 11) is 0. The van der Waals surface area contributed by atoms with Gasteiger partial charge >= 0.3 is 6.09 Å². The number of hydrogen-bond acceptors (Lipinski definition) is 5. The second kappa shape index (κ2) is 7.76. The quantitative estimate of drug-likeness (QED) is 0.493. The molecule has 1 unspecified atom stereocenters. The third-order valence-electron chi connectivity index (χ3n) is 1.88. The van der Waals surface area contributed by atoms with Crippen molar-refractivity contribution >= 4 is 19.0 Å². The molecule has 1 aliphatic heterocycles. The molecule has 1 rings (SSSR count). The van der Waals surface area contributed by atoms with Gasteiger partial charge in [-0.15, -0.1) is 0 Å². The lowest BCUT2D eigenvalue weighted by Gasteiger charge is -2.25. The molecule has 96 valence electrons. The Bertz CT molecular complexity index is 199. The first-order chi connectivity index (χ1) is 7.47. The van der Waals surface area contributed by atoms with E-state index in [0.29, 0.717) is 6.61 Å². The largest absolute Gasteiger partial charge is 0.444 e. The molecular weight excluding hydrogens is 230 g/mol. The topological polar surface area (TPSA) is 67.8 Å². The summed E-state index contributed by atoms with van der Waals surface area (Å²) in [5.74, 6) is 0. The molecule has 6 heteroatoms. The lowest BCUT2D eigenvalue weighted by Crippen LogP contribution is -2.43. The van der Waals surface area contributed by atoms with Crippen molar-refractivity contribution < 1.29 is 18.8 Å². The van der Waals surface area contributed by atoms with E-state index in [-0.39, 0.29) is 12.1 Å². The van der Waals surface area contributed by atoms with Crippen LogP contribution in [0.25, 0.3) is 0 Å². The molecule has 0 aliphatic carbocycles. The maximum Gasteiger partial charge on any atom is 0.407 e. The maximum atomic E-state index is 11.3. The van der Waals surface area contributed by atoms with E-state index in [2.05, 4.69) is 18.2 Å². The number of rotatable bonds is 1. The minimum absolute atomic E-state index is 0.110. The molecule has 5 nitrogen and oxygen atoms in total. The fraction of sp³-hybridized carbons (Fsp3) is 0.900. The van der Waals surface area contributed by atoms with Crippen molar-refractivity contribution in [3.63, 3.8) is 0 Å². The van der Waals surface area contributed by atoms with Crippen molar-refractivity contribution in [3.05, 3.63) is 0 Å². The van der Waals surface area contributed by atoms with Gasteiger partial charge in [0, 0.05) is 6.61 Å². The third kappa shape index (κ3) is 7.78. The van der Waals surface area contributed by atoms with Gasteiger partial charge in [-0.3, -0.25) is 0 Å². The third-order valence-corrected chi connectivity index (χ3v) is 1.88. The lowest BCUT2D eigenvalue weighted by molar-refractivity contribution is 0.0347. The van der Waals surface area contributed by atoms with Crippen molar-refractivity contribution in [2.75, 3.05) is 13.2 Å². The highest BCUT2D eigenvalue weighted by atomic mass is 32.1. The molecule has 16 heavy (non-hydrogen) atoms. The normalized spacial score (nSPS) is 20.4. The molecule has 0 aromatic heterocycles. The molecule has 1 aliphatic rings. The molecule has 1 heterocycles. The number of nitrogens with one attached hydrogen (secondary N) is 1. The molecule has 0 radical (unpaired) electrons. The van der Waals surface area contributed by atoms with Crippen LogP contribution in [0.1, 0.15) is 33.6 Å². The van der Waals surface area contributed by atoms with Crippen LogP contribution in [0.3, 0.4) is 0 Å². The molecule has 0 aromatic rings. The summed E-state index contributed by atoms with van der Waals surface area (Å²) in [4.78, 5) is 11.3. The molecule has 0 bridgehead atoms. The Labute approximate surface area is 102 Å². The Hall–Kier alpha value is -0.460. The fourth-order valence-corrected chi connectivity index (χ4v) is 1.33. The van der Waals surface area contributed by atoms with Crippen LogP contribution in [0.5, 0.6) is 0 Å². The van der Waals surface area contributed by atoms with Crippen LogP contribution < -0.4 is 5.32 Å². The molecule has 1 atom stereocenters. The zero-order chi connectivity index (χ0) is 12.6. The summed E-state index contributed by atoms with van der Waals surface area (Å²) < 4.78 is 17.1. The van der Waals surface area contributed by atoms with E-state index < -0.39 is 5.60 Å². The van der Waals surface area contributed by atoms with Crippen LogP contribution in [0.2, 0.25) is 0 Å². The number of amides is 1. The van der Waals surface area contributed by atoms with Gasteiger partial charge < -0.3 is 19.3 Å². The summed E-state index contributed by atoms with van der Waals surface area (Å²) in [6.45, 7) is 6.95. The molecule has 0 aromatic carbocycles. The summed E-state index contributed by atoms with van der Waals surface area (Å²) >= 11 is 2.53. The van der Waals surface area contributed by atoms with Crippen LogP contribution in [-0.4, -0.2) is 35.5 Å². The van der Waals surface area contributed by atoms with E-state index in [0.717, 1.165) is 19.4 Å². The smallest absolute Gasteiger partial charge is 0.407 e. The summed E-state index contributed by atoms with van der Waals surface area (Å²) in [5, 5.41) is 2.79. The van der Waals surface area contributed by atoms with Crippen molar-refractivity contribution in [1.29, 1.82) is 0 Å². The zero-order valence-corrected chi connectivity index (χ0v) is 10.9. The van der Waals surface area contributed by atoms with Gasteiger partial charge in [-0.2, -0.15) is 0 Å². The standard InChI is InChI=1S/C10H19NO3.H2OS/c1-10(2,3)14-9(12)11-8-5-4-6-13-7-8;1-2/h8H,4-7H2,1-3H3,(H,11,12);1-2H. The van der Waals surface area contributed by atoms with E-state index in [1.807, 2.05) is 20.8 Å². The van der Waals surface area contributed by atoms with Crippen LogP contribution in [0.4, 0.5) is 4.79 Å². The number of alkyl carbamates (subject to hydrolysis) is 1. The minimum Gasteiger partial charge on any atom is -0.444 e. The van der Waals surface area contributed by atoms with Crippen molar-refractivity contribution in [2.45, 2.75) is 45.3 Å². The Morgan fingerprint density at radius 1 is 1.50 bits per heavy atom. The van der Waals surface area contributed by atoms with Gasteiger partial charge in [0.1, 0.15) is 5.60 Å². The minimum atomic E-state index is -0.431. The average molecular weight is 251 g/mol. The molecule has 1 amide bonds. The number of ether oxygens (including phenoxy) is 2. The second-order valence-electron chi connectivity index (χ2n) is 4.56. The van der Waals surface area contributed by atoms with E-state index in [9.17, 15) is 4.79 Å². The molecule has 0 saturated carbocycles. The van der Waals surface area contributed by atoms with Crippen LogP contribution in [0, 0.1) is 0 Å². The number of hydrogen-bond donors (Lipinski definition) is 3. The van der Waals surface area contributed by atoms with Crippen molar-refractivity contribution in [2.24, 2.45) is 0 Å². The van der Waals surface area contributed by atoms with E-state index >= 15 is 0 Å². The van der Waals surface area contributed by atoms with Gasteiger partial charge in [-0.1, -0.05) is 0 Å². The Balaban J connectivity index is 0.00000106. The molecule has 1 fully saturated rings. The van der Waals surface area contributed by atoms with Crippen molar-refractivity contribution in [3.8, 4) is 0 Å². The zero-order valence-electron chi connectivity index (χ0n) is 10.0. The first-order valence-electron chi connectivity index (χ1n) is 5.24. The van der Waals surface area contributed by atoms with Crippen molar-refractivity contribution in [1.82, 2.24) is 5.32 Å². The predicted octanol–water partition coefficient (Wildman–Crippen LogP) is 2.08. The molecule has 0 spiro atoms.